The molecule has 90 valence electrons. The van der Waals surface area contributed by atoms with Gasteiger partial charge in [0.25, 0.3) is 0 Å². The van der Waals surface area contributed by atoms with E-state index in [2.05, 4.69) is 6.07 Å². The summed E-state index contributed by atoms with van der Waals surface area (Å²) in [6.45, 7) is 0.673. The monoisotopic (exact) mass is 230 g/mol. The molecule has 3 nitrogen and oxygen atoms in total. The topological polar surface area (TPSA) is 46.3 Å². The van der Waals surface area contributed by atoms with Crippen molar-refractivity contribution in [3.63, 3.8) is 0 Å². The van der Waals surface area contributed by atoms with E-state index in [1.165, 1.54) is 12.0 Å². The average Bonchev–Trinajstić information content (AvgIpc) is 2.25. The summed E-state index contributed by atoms with van der Waals surface area (Å²) in [5.41, 5.74) is 8.33. The maximum Gasteiger partial charge on any atom is 0.230 e. The van der Waals surface area contributed by atoms with Gasteiger partial charge in [0.15, 0.2) is 0 Å². The molecule has 1 fully saturated rings. The van der Waals surface area contributed by atoms with E-state index in [0.717, 1.165) is 24.9 Å². The quantitative estimate of drug-likeness (QED) is 0.798. The van der Waals surface area contributed by atoms with Gasteiger partial charge in [-0.2, -0.15) is 0 Å². The smallest absolute Gasteiger partial charge is 0.230 e. The van der Waals surface area contributed by atoms with E-state index in [0.29, 0.717) is 6.54 Å². The number of anilines is 1. The number of carbonyl (C=O) groups is 1. The SMILES string of the molecule is NC1Cc2ccccc2N(C(=O)C2CCC2)C1. The Morgan fingerprint density at radius 3 is 2.76 bits per heavy atom. The molecule has 17 heavy (non-hydrogen) atoms. The van der Waals surface area contributed by atoms with Gasteiger partial charge >= 0.3 is 0 Å². The summed E-state index contributed by atoms with van der Waals surface area (Å²) in [5, 5.41) is 0. The van der Waals surface area contributed by atoms with Gasteiger partial charge in [-0.3, -0.25) is 4.79 Å². The first kappa shape index (κ1) is 10.8. The van der Waals surface area contributed by atoms with E-state index in [4.69, 9.17) is 5.73 Å². The first-order chi connectivity index (χ1) is 8.25. The second-order valence-electron chi connectivity index (χ2n) is 5.17. The summed E-state index contributed by atoms with van der Waals surface area (Å²) < 4.78 is 0. The Labute approximate surface area is 102 Å². The van der Waals surface area contributed by atoms with Crippen LogP contribution in [0.4, 0.5) is 5.69 Å². The first-order valence-corrected chi connectivity index (χ1v) is 6.40. The lowest BCUT2D eigenvalue weighted by atomic mass is 9.83. The normalized spacial score (nSPS) is 24.1. The van der Waals surface area contributed by atoms with Crippen molar-refractivity contribution in [2.24, 2.45) is 11.7 Å². The highest BCUT2D eigenvalue weighted by Gasteiger charge is 2.33. The van der Waals surface area contributed by atoms with Gasteiger partial charge in [-0.25, -0.2) is 0 Å². The summed E-state index contributed by atoms with van der Waals surface area (Å²) in [7, 11) is 0. The van der Waals surface area contributed by atoms with Crippen molar-refractivity contribution in [1.82, 2.24) is 0 Å². The second-order valence-corrected chi connectivity index (χ2v) is 5.17. The Bertz CT molecular complexity index is 440. The van der Waals surface area contributed by atoms with Gasteiger partial charge in [-0.15, -0.1) is 0 Å². The van der Waals surface area contributed by atoms with E-state index in [9.17, 15) is 4.79 Å². The molecule has 1 aliphatic heterocycles. The molecule has 1 aliphatic carbocycles. The Hall–Kier alpha value is -1.35. The molecule has 2 N–H and O–H groups in total. The summed E-state index contributed by atoms with van der Waals surface area (Å²) in [6.07, 6.45) is 4.17. The van der Waals surface area contributed by atoms with Crippen molar-refractivity contribution < 1.29 is 4.79 Å². The molecule has 0 bridgehead atoms. The number of hydrogen-bond acceptors (Lipinski definition) is 2. The van der Waals surface area contributed by atoms with Crippen LogP contribution in [0.25, 0.3) is 0 Å². The van der Waals surface area contributed by atoms with Crippen LogP contribution in [0.3, 0.4) is 0 Å². The van der Waals surface area contributed by atoms with Crippen LogP contribution in [0.1, 0.15) is 24.8 Å². The molecular weight excluding hydrogens is 212 g/mol. The molecule has 3 rings (SSSR count). The van der Waals surface area contributed by atoms with Crippen LogP contribution in [-0.4, -0.2) is 18.5 Å². The highest BCUT2D eigenvalue weighted by molar-refractivity contribution is 5.96. The fourth-order valence-electron chi connectivity index (χ4n) is 2.71. The van der Waals surface area contributed by atoms with Crippen LogP contribution in [0.2, 0.25) is 0 Å². The molecule has 0 aromatic heterocycles. The fourth-order valence-corrected chi connectivity index (χ4v) is 2.71. The van der Waals surface area contributed by atoms with Gasteiger partial charge in [0, 0.05) is 24.2 Å². The molecular formula is C14H18N2O. The standard InChI is InChI=1S/C14H18N2O/c15-12-8-11-4-1-2-7-13(11)16(9-12)14(17)10-5-3-6-10/h1-2,4,7,10,12H,3,5-6,8-9,15H2. The van der Waals surface area contributed by atoms with Crippen molar-refractivity contribution in [2.45, 2.75) is 31.7 Å². The summed E-state index contributed by atoms with van der Waals surface area (Å²) in [4.78, 5) is 14.3. The number of para-hydroxylation sites is 1. The third-order valence-corrected chi connectivity index (χ3v) is 3.90. The maximum atomic E-state index is 12.4. The number of amides is 1. The number of nitrogens with zero attached hydrogens (tertiary/aromatic N) is 1. The van der Waals surface area contributed by atoms with E-state index < -0.39 is 0 Å². The van der Waals surface area contributed by atoms with E-state index in [1.807, 2.05) is 23.1 Å². The molecule has 0 saturated heterocycles. The van der Waals surface area contributed by atoms with Crippen molar-refractivity contribution in [1.29, 1.82) is 0 Å². The zero-order valence-electron chi connectivity index (χ0n) is 9.93. The third-order valence-electron chi connectivity index (χ3n) is 3.90. The highest BCUT2D eigenvalue weighted by atomic mass is 16.2. The predicted octanol–water partition coefficient (Wildman–Crippen LogP) is 1.70. The number of carbonyl (C=O) groups excluding carboxylic acids is 1. The fraction of sp³-hybridized carbons (Fsp3) is 0.500. The summed E-state index contributed by atoms with van der Waals surface area (Å²) in [5.74, 6) is 0.521. The predicted molar refractivity (Wildman–Crippen MR) is 67.8 cm³/mol. The van der Waals surface area contributed by atoms with Crippen LogP contribution in [-0.2, 0) is 11.2 Å². The van der Waals surface area contributed by atoms with Crippen LogP contribution in [0.15, 0.2) is 24.3 Å². The molecule has 2 aliphatic rings. The average molecular weight is 230 g/mol. The lowest BCUT2D eigenvalue weighted by Gasteiger charge is -2.37. The maximum absolute atomic E-state index is 12.4. The van der Waals surface area contributed by atoms with Gasteiger partial charge in [0.1, 0.15) is 0 Å². The number of benzene rings is 1. The zero-order chi connectivity index (χ0) is 11.8. The molecule has 1 atom stereocenters. The third kappa shape index (κ3) is 1.84. The zero-order valence-corrected chi connectivity index (χ0v) is 9.93. The Kier molecular flexibility index (Phi) is 2.63. The number of hydrogen-bond donors (Lipinski definition) is 1. The van der Waals surface area contributed by atoms with Gasteiger partial charge in [-0.05, 0) is 30.9 Å². The van der Waals surface area contributed by atoms with Gasteiger partial charge in [-0.1, -0.05) is 24.6 Å². The second kappa shape index (κ2) is 4.15. The van der Waals surface area contributed by atoms with Crippen molar-refractivity contribution in [3.05, 3.63) is 29.8 Å². The Morgan fingerprint density at radius 1 is 1.29 bits per heavy atom. The first-order valence-electron chi connectivity index (χ1n) is 6.40. The summed E-state index contributed by atoms with van der Waals surface area (Å²) >= 11 is 0. The van der Waals surface area contributed by atoms with Gasteiger partial charge < -0.3 is 10.6 Å². The van der Waals surface area contributed by atoms with Crippen LogP contribution in [0.5, 0.6) is 0 Å². The van der Waals surface area contributed by atoms with Crippen molar-refractivity contribution in [3.8, 4) is 0 Å². The molecule has 1 heterocycles. The van der Waals surface area contributed by atoms with Crippen LogP contribution >= 0.6 is 0 Å². The Morgan fingerprint density at radius 2 is 2.06 bits per heavy atom. The minimum Gasteiger partial charge on any atom is -0.326 e. The van der Waals surface area contributed by atoms with Gasteiger partial charge in [0.05, 0.1) is 0 Å². The molecule has 1 saturated carbocycles. The van der Waals surface area contributed by atoms with Crippen molar-refractivity contribution >= 4 is 11.6 Å². The van der Waals surface area contributed by atoms with E-state index in [-0.39, 0.29) is 17.9 Å². The number of rotatable bonds is 1. The Balaban J connectivity index is 1.91. The highest BCUT2D eigenvalue weighted by Crippen LogP contribution is 2.33. The number of nitrogens with two attached hydrogens (primary N) is 1. The minimum atomic E-state index is 0.0777. The largest absolute Gasteiger partial charge is 0.326 e. The minimum absolute atomic E-state index is 0.0777. The van der Waals surface area contributed by atoms with E-state index >= 15 is 0 Å². The lowest BCUT2D eigenvalue weighted by molar-refractivity contribution is -0.124. The molecule has 1 amide bonds. The molecule has 0 radical (unpaired) electrons. The van der Waals surface area contributed by atoms with Crippen molar-refractivity contribution in [2.75, 3.05) is 11.4 Å². The molecule has 1 aromatic rings. The summed E-state index contributed by atoms with van der Waals surface area (Å²) in [6, 6.07) is 8.21. The molecule has 3 heteroatoms. The molecule has 1 unspecified atom stereocenters. The van der Waals surface area contributed by atoms with Crippen LogP contribution < -0.4 is 10.6 Å². The van der Waals surface area contributed by atoms with Crippen LogP contribution in [0, 0.1) is 5.92 Å². The molecule has 1 aromatic carbocycles. The number of fused-ring (bicyclic) bond motifs is 1. The lowest BCUT2D eigenvalue weighted by Crippen LogP contribution is -2.49. The van der Waals surface area contributed by atoms with Gasteiger partial charge in [0.2, 0.25) is 5.91 Å². The van der Waals surface area contributed by atoms with E-state index in [1.54, 1.807) is 0 Å². The molecule has 0 spiro atoms.